The van der Waals surface area contributed by atoms with Crippen LogP contribution in [0, 0.1) is 11.3 Å². The summed E-state index contributed by atoms with van der Waals surface area (Å²) in [6.07, 6.45) is 0.216. The molecular weight excluding hydrogens is 228 g/mol. The molecule has 0 saturated heterocycles. The lowest BCUT2D eigenvalue weighted by Gasteiger charge is -2.12. The zero-order chi connectivity index (χ0) is 13.2. The molecule has 0 saturated carbocycles. The first-order chi connectivity index (χ1) is 8.76. The van der Waals surface area contributed by atoms with Crippen LogP contribution in [-0.4, -0.2) is 25.9 Å². The van der Waals surface area contributed by atoms with Crippen molar-refractivity contribution in [2.75, 3.05) is 19.8 Å². The van der Waals surface area contributed by atoms with Gasteiger partial charge in [-0.1, -0.05) is 12.1 Å². The van der Waals surface area contributed by atoms with Crippen molar-refractivity contribution in [3.63, 3.8) is 0 Å². The van der Waals surface area contributed by atoms with Crippen LogP contribution < -0.4 is 10.1 Å². The maximum absolute atomic E-state index is 8.45. The summed E-state index contributed by atoms with van der Waals surface area (Å²) in [5.74, 6) is 0.730. The summed E-state index contributed by atoms with van der Waals surface area (Å²) in [4.78, 5) is 0. The quantitative estimate of drug-likeness (QED) is 0.765. The number of benzene rings is 1. The van der Waals surface area contributed by atoms with Crippen molar-refractivity contribution >= 4 is 0 Å². The molecule has 0 heterocycles. The van der Waals surface area contributed by atoms with E-state index in [1.54, 1.807) is 0 Å². The van der Waals surface area contributed by atoms with Gasteiger partial charge in [-0.15, -0.1) is 0 Å². The predicted molar refractivity (Wildman–Crippen MR) is 70.3 cm³/mol. The molecule has 0 amide bonds. The van der Waals surface area contributed by atoms with E-state index >= 15 is 0 Å². The second kappa shape index (κ2) is 8.51. The zero-order valence-corrected chi connectivity index (χ0v) is 11.0. The van der Waals surface area contributed by atoms with Crippen LogP contribution in [0.2, 0.25) is 0 Å². The Labute approximate surface area is 109 Å². The third-order valence-corrected chi connectivity index (χ3v) is 2.41. The summed E-state index contributed by atoms with van der Waals surface area (Å²) in [5, 5.41) is 11.8. The zero-order valence-electron chi connectivity index (χ0n) is 11.0. The van der Waals surface area contributed by atoms with Gasteiger partial charge in [0.1, 0.15) is 11.8 Å². The van der Waals surface area contributed by atoms with E-state index in [0.717, 1.165) is 31.0 Å². The summed E-state index contributed by atoms with van der Waals surface area (Å²) < 4.78 is 10.7. The molecule has 1 atom stereocenters. The fourth-order valence-corrected chi connectivity index (χ4v) is 1.62. The molecule has 18 heavy (non-hydrogen) atoms. The van der Waals surface area contributed by atoms with Crippen LogP contribution in [0.15, 0.2) is 24.3 Å². The van der Waals surface area contributed by atoms with Gasteiger partial charge in [0.2, 0.25) is 0 Å². The van der Waals surface area contributed by atoms with E-state index < -0.39 is 0 Å². The van der Waals surface area contributed by atoms with Crippen LogP contribution in [0.5, 0.6) is 5.75 Å². The third kappa shape index (κ3) is 5.67. The number of ether oxygens (including phenoxy) is 2. The van der Waals surface area contributed by atoms with Gasteiger partial charge in [0.25, 0.3) is 0 Å². The standard InChI is InChI=1S/C14H20N2O2/c1-3-17-12(2)10-16-11-13-5-4-6-14(9-13)18-8-7-15/h4-6,9,12,16H,3,8,10-11H2,1-2H3. The molecule has 0 radical (unpaired) electrons. The molecule has 0 fully saturated rings. The monoisotopic (exact) mass is 248 g/mol. The van der Waals surface area contributed by atoms with Crippen molar-refractivity contribution in [1.82, 2.24) is 5.32 Å². The Morgan fingerprint density at radius 1 is 1.44 bits per heavy atom. The van der Waals surface area contributed by atoms with E-state index in [2.05, 4.69) is 5.32 Å². The van der Waals surface area contributed by atoms with E-state index in [9.17, 15) is 0 Å². The number of nitriles is 1. The summed E-state index contributed by atoms with van der Waals surface area (Å²) >= 11 is 0. The van der Waals surface area contributed by atoms with Crippen LogP contribution in [0.25, 0.3) is 0 Å². The molecule has 0 aliphatic heterocycles. The Balaban J connectivity index is 2.35. The van der Waals surface area contributed by atoms with Crippen molar-refractivity contribution in [3.8, 4) is 11.8 Å². The second-order valence-corrected chi connectivity index (χ2v) is 3.99. The smallest absolute Gasteiger partial charge is 0.174 e. The summed E-state index contributed by atoms with van der Waals surface area (Å²) in [5.41, 5.74) is 1.13. The maximum atomic E-state index is 8.45. The molecule has 0 aromatic heterocycles. The van der Waals surface area contributed by atoms with Crippen LogP contribution in [0.4, 0.5) is 0 Å². The van der Waals surface area contributed by atoms with Crippen molar-refractivity contribution in [2.24, 2.45) is 0 Å². The highest BCUT2D eigenvalue weighted by Gasteiger charge is 2.01. The van der Waals surface area contributed by atoms with Gasteiger partial charge in [-0.2, -0.15) is 5.26 Å². The highest BCUT2D eigenvalue weighted by atomic mass is 16.5. The molecule has 4 nitrogen and oxygen atoms in total. The minimum atomic E-state index is 0.0816. The molecule has 4 heteroatoms. The number of hydrogen-bond donors (Lipinski definition) is 1. The lowest BCUT2D eigenvalue weighted by molar-refractivity contribution is 0.0759. The van der Waals surface area contributed by atoms with E-state index in [0.29, 0.717) is 0 Å². The summed E-state index contributed by atoms with van der Waals surface area (Å²) in [6.45, 7) is 6.44. The molecule has 1 aromatic carbocycles. The number of nitrogens with one attached hydrogen (secondary N) is 1. The molecule has 1 unspecified atom stereocenters. The summed E-state index contributed by atoms with van der Waals surface area (Å²) in [7, 11) is 0. The first-order valence-corrected chi connectivity index (χ1v) is 6.17. The van der Waals surface area contributed by atoms with Gasteiger partial charge in [-0.25, -0.2) is 0 Å². The van der Waals surface area contributed by atoms with Crippen LogP contribution >= 0.6 is 0 Å². The number of nitrogens with zero attached hydrogens (tertiary/aromatic N) is 1. The molecule has 0 spiro atoms. The largest absolute Gasteiger partial charge is 0.479 e. The fraction of sp³-hybridized carbons (Fsp3) is 0.500. The predicted octanol–water partition coefficient (Wildman–Crippen LogP) is 2.10. The Kier molecular flexibility index (Phi) is 6.85. The molecule has 0 aliphatic rings. The van der Waals surface area contributed by atoms with Crippen molar-refractivity contribution in [1.29, 1.82) is 5.26 Å². The fourth-order valence-electron chi connectivity index (χ4n) is 1.62. The van der Waals surface area contributed by atoms with E-state index in [1.165, 1.54) is 0 Å². The van der Waals surface area contributed by atoms with Crippen LogP contribution in [0.1, 0.15) is 19.4 Å². The highest BCUT2D eigenvalue weighted by molar-refractivity contribution is 5.28. The van der Waals surface area contributed by atoms with Crippen molar-refractivity contribution < 1.29 is 9.47 Å². The molecule has 1 rings (SSSR count). The lowest BCUT2D eigenvalue weighted by Crippen LogP contribution is -2.26. The third-order valence-electron chi connectivity index (χ3n) is 2.41. The van der Waals surface area contributed by atoms with Crippen molar-refractivity contribution in [3.05, 3.63) is 29.8 Å². The van der Waals surface area contributed by atoms with Crippen LogP contribution in [-0.2, 0) is 11.3 Å². The molecule has 0 aliphatic carbocycles. The van der Waals surface area contributed by atoms with E-state index in [1.807, 2.05) is 44.2 Å². The topological polar surface area (TPSA) is 54.3 Å². The van der Waals surface area contributed by atoms with E-state index in [-0.39, 0.29) is 12.7 Å². The first-order valence-electron chi connectivity index (χ1n) is 6.17. The molecule has 0 bridgehead atoms. The normalized spacial score (nSPS) is 11.8. The van der Waals surface area contributed by atoms with Crippen LogP contribution in [0.3, 0.4) is 0 Å². The summed E-state index contributed by atoms with van der Waals surface area (Å²) in [6, 6.07) is 9.70. The maximum Gasteiger partial charge on any atom is 0.174 e. The Bertz CT molecular complexity index is 388. The van der Waals surface area contributed by atoms with Crippen molar-refractivity contribution in [2.45, 2.75) is 26.5 Å². The van der Waals surface area contributed by atoms with Gasteiger partial charge in [0.15, 0.2) is 6.61 Å². The SMILES string of the molecule is CCOC(C)CNCc1cccc(OCC#N)c1. The lowest BCUT2D eigenvalue weighted by atomic mass is 10.2. The first kappa shape index (κ1) is 14.5. The van der Waals surface area contributed by atoms with E-state index in [4.69, 9.17) is 14.7 Å². The average Bonchev–Trinajstić information content (AvgIpc) is 2.37. The van der Waals surface area contributed by atoms with Gasteiger partial charge < -0.3 is 14.8 Å². The average molecular weight is 248 g/mol. The molecule has 1 N–H and O–H groups in total. The van der Waals surface area contributed by atoms with Gasteiger partial charge in [-0.3, -0.25) is 0 Å². The number of hydrogen-bond acceptors (Lipinski definition) is 4. The number of rotatable bonds is 8. The van der Waals surface area contributed by atoms with Gasteiger partial charge in [0.05, 0.1) is 6.10 Å². The minimum absolute atomic E-state index is 0.0816. The van der Waals surface area contributed by atoms with Gasteiger partial charge >= 0.3 is 0 Å². The van der Waals surface area contributed by atoms with Gasteiger partial charge in [-0.05, 0) is 31.5 Å². The molecule has 98 valence electrons. The Hall–Kier alpha value is -1.57. The molecular formula is C14H20N2O2. The minimum Gasteiger partial charge on any atom is -0.479 e. The van der Waals surface area contributed by atoms with Gasteiger partial charge in [0, 0.05) is 19.7 Å². The molecule has 1 aromatic rings. The highest BCUT2D eigenvalue weighted by Crippen LogP contribution is 2.12. The Morgan fingerprint density at radius 2 is 2.28 bits per heavy atom. The Morgan fingerprint density at radius 3 is 3.00 bits per heavy atom. The second-order valence-electron chi connectivity index (χ2n) is 3.99.